The van der Waals surface area contributed by atoms with E-state index in [1.807, 2.05) is 20.8 Å². The molecule has 0 aromatic carbocycles. The first-order valence-electron chi connectivity index (χ1n) is 6.14. The lowest BCUT2D eigenvalue weighted by atomic mass is 9.87. The number of hydrogen-bond acceptors (Lipinski definition) is 3. The number of carbonyl (C=O) groups excluding carboxylic acids is 1. The van der Waals surface area contributed by atoms with Gasteiger partial charge >= 0.3 is 5.97 Å². The fourth-order valence-electron chi connectivity index (χ4n) is 2.00. The van der Waals surface area contributed by atoms with Crippen molar-refractivity contribution < 1.29 is 14.7 Å². The molecule has 1 heterocycles. The molecule has 0 bridgehead atoms. The summed E-state index contributed by atoms with van der Waals surface area (Å²) < 4.78 is 1.65. The predicted molar refractivity (Wildman–Crippen MR) is 70.7 cm³/mol. The highest BCUT2D eigenvalue weighted by Crippen LogP contribution is 2.29. The summed E-state index contributed by atoms with van der Waals surface area (Å²) in [6.07, 6.45) is 1.61. The quantitative estimate of drug-likeness (QED) is 0.863. The van der Waals surface area contributed by atoms with Gasteiger partial charge < -0.3 is 10.4 Å². The van der Waals surface area contributed by atoms with Gasteiger partial charge in [0.2, 0.25) is 5.91 Å². The maximum absolute atomic E-state index is 11.2. The monoisotopic (exact) mass is 267 g/mol. The molecular weight excluding hydrogens is 246 g/mol. The van der Waals surface area contributed by atoms with Crippen LogP contribution >= 0.6 is 0 Å². The average molecular weight is 267 g/mol. The van der Waals surface area contributed by atoms with E-state index in [4.69, 9.17) is 5.11 Å². The molecule has 0 fully saturated rings. The van der Waals surface area contributed by atoms with Gasteiger partial charge in [0.1, 0.15) is 0 Å². The predicted octanol–water partition coefficient (Wildman–Crippen LogP) is 1.37. The smallest absolute Gasteiger partial charge is 0.305 e. The molecule has 1 amide bonds. The number of aromatic nitrogens is 2. The van der Waals surface area contributed by atoms with Gasteiger partial charge in [-0.25, -0.2) is 0 Å². The van der Waals surface area contributed by atoms with Crippen LogP contribution < -0.4 is 5.32 Å². The molecule has 106 valence electrons. The number of amides is 1. The number of aliphatic carboxylic acids is 1. The van der Waals surface area contributed by atoms with Gasteiger partial charge in [0.25, 0.3) is 0 Å². The molecule has 1 aromatic heterocycles. The van der Waals surface area contributed by atoms with Crippen molar-refractivity contribution in [3.63, 3.8) is 0 Å². The molecule has 1 unspecified atom stereocenters. The van der Waals surface area contributed by atoms with E-state index in [1.54, 1.807) is 17.9 Å². The molecule has 1 rings (SSSR count). The summed E-state index contributed by atoms with van der Waals surface area (Å²) in [4.78, 5) is 22.2. The van der Waals surface area contributed by atoms with Crippen molar-refractivity contribution in [2.75, 3.05) is 0 Å². The van der Waals surface area contributed by atoms with Crippen LogP contribution in [0.3, 0.4) is 0 Å². The zero-order chi connectivity index (χ0) is 14.8. The van der Waals surface area contributed by atoms with E-state index in [0.717, 1.165) is 11.3 Å². The maximum Gasteiger partial charge on any atom is 0.305 e. The van der Waals surface area contributed by atoms with E-state index < -0.39 is 12.0 Å². The second-order valence-electron chi connectivity index (χ2n) is 5.71. The normalized spacial score (nSPS) is 13.1. The Balaban J connectivity index is 3.21. The molecule has 6 nitrogen and oxygen atoms in total. The number of carboxylic acids is 1. The minimum absolute atomic E-state index is 0.158. The highest BCUT2D eigenvalue weighted by molar-refractivity contribution is 5.75. The largest absolute Gasteiger partial charge is 0.481 e. The highest BCUT2D eigenvalue weighted by atomic mass is 16.4. The van der Waals surface area contributed by atoms with E-state index >= 15 is 0 Å². The fraction of sp³-hybridized carbons (Fsp3) is 0.615. The van der Waals surface area contributed by atoms with Gasteiger partial charge in [-0.1, -0.05) is 20.8 Å². The van der Waals surface area contributed by atoms with Gasteiger partial charge in [-0.05, 0) is 0 Å². The number of rotatable bonds is 4. The molecule has 6 heteroatoms. The van der Waals surface area contributed by atoms with Crippen LogP contribution in [0.25, 0.3) is 0 Å². The first-order chi connectivity index (χ1) is 8.61. The lowest BCUT2D eigenvalue weighted by Crippen LogP contribution is -2.30. The van der Waals surface area contributed by atoms with Gasteiger partial charge in [0.05, 0.1) is 18.2 Å². The standard InChI is InChI=1S/C13H21N3O3/c1-8(17)14-10(6-11(18)19)9-7-16(5)15-12(9)13(2,3)4/h7,10H,6H2,1-5H3,(H,14,17)(H,18,19). The van der Waals surface area contributed by atoms with E-state index in [9.17, 15) is 9.59 Å². The molecule has 0 aliphatic heterocycles. The lowest BCUT2D eigenvalue weighted by molar-refractivity contribution is -0.137. The number of hydrogen-bond donors (Lipinski definition) is 2. The molecule has 0 saturated carbocycles. The number of carboxylic acid groups (broad SMARTS) is 1. The number of nitrogens with zero attached hydrogens (tertiary/aromatic N) is 2. The third-order valence-electron chi connectivity index (χ3n) is 2.70. The van der Waals surface area contributed by atoms with Gasteiger partial charge in [-0.2, -0.15) is 5.10 Å². The van der Waals surface area contributed by atoms with Crippen LogP contribution in [0.1, 0.15) is 51.4 Å². The fourth-order valence-corrected chi connectivity index (χ4v) is 2.00. The molecule has 0 radical (unpaired) electrons. The Hall–Kier alpha value is -1.85. The summed E-state index contributed by atoms with van der Waals surface area (Å²) in [6.45, 7) is 7.39. The van der Waals surface area contributed by atoms with Gasteiger partial charge in [0.15, 0.2) is 0 Å². The van der Waals surface area contributed by atoms with Crippen molar-refractivity contribution in [3.05, 3.63) is 17.5 Å². The van der Waals surface area contributed by atoms with Crippen molar-refractivity contribution in [1.82, 2.24) is 15.1 Å². The molecule has 0 spiro atoms. The maximum atomic E-state index is 11.2. The van der Waals surface area contributed by atoms with Crippen LogP contribution in [0, 0.1) is 0 Å². The Labute approximate surface area is 112 Å². The van der Waals surface area contributed by atoms with Crippen LogP contribution in [0.2, 0.25) is 0 Å². The summed E-state index contributed by atoms with van der Waals surface area (Å²) in [5.74, 6) is -1.21. The summed E-state index contributed by atoms with van der Waals surface area (Å²) in [7, 11) is 1.78. The minimum Gasteiger partial charge on any atom is -0.481 e. The van der Waals surface area contributed by atoms with Crippen molar-refractivity contribution in [2.24, 2.45) is 7.05 Å². The number of aryl methyl sites for hydroxylation is 1. The minimum atomic E-state index is -0.956. The molecular formula is C13H21N3O3. The first-order valence-corrected chi connectivity index (χ1v) is 6.14. The third-order valence-corrected chi connectivity index (χ3v) is 2.70. The van der Waals surface area contributed by atoms with E-state index in [1.165, 1.54) is 6.92 Å². The van der Waals surface area contributed by atoms with Crippen molar-refractivity contribution >= 4 is 11.9 Å². The van der Waals surface area contributed by atoms with Crippen molar-refractivity contribution in [2.45, 2.75) is 45.6 Å². The summed E-state index contributed by atoms with van der Waals surface area (Å²) in [6, 6.07) is -0.557. The highest BCUT2D eigenvalue weighted by Gasteiger charge is 2.28. The molecule has 1 aromatic rings. The molecule has 0 saturated heterocycles. The Morgan fingerprint density at radius 2 is 2.05 bits per heavy atom. The van der Waals surface area contributed by atoms with Crippen molar-refractivity contribution in [3.8, 4) is 0 Å². The van der Waals surface area contributed by atoms with Crippen LogP contribution in [0.4, 0.5) is 0 Å². The Morgan fingerprint density at radius 3 is 2.47 bits per heavy atom. The second-order valence-corrected chi connectivity index (χ2v) is 5.71. The Kier molecular flexibility index (Phi) is 4.34. The second kappa shape index (κ2) is 5.42. The van der Waals surface area contributed by atoms with Gasteiger partial charge in [-0.15, -0.1) is 0 Å². The van der Waals surface area contributed by atoms with Crippen LogP contribution in [0.5, 0.6) is 0 Å². The Morgan fingerprint density at radius 1 is 1.47 bits per heavy atom. The molecule has 1 atom stereocenters. The summed E-state index contributed by atoms with van der Waals surface area (Å²) >= 11 is 0. The lowest BCUT2D eigenvalue weighted by Gasteiger charge is -2.22. The topological polar surface area (TPSA) is 84.2 Å². The number of nitrogens with one attached hydrogen (secondary N) is 1. The van der Waals surface area contributed by atoms with Gasteiger partial charge in [0, 0.05) is 31.1 Å². The third kappa shape index (κ3) is 4.08. The average Bonchev–Trinajstić information content (AvgIpc) is 2.57. The summed E-state index contributed by atoms with van der Waals surface area (Å²) in [5, 5.41) is 16.1. The van der Waals surface area contributed by atoms with Crippen LogP contribution in [0.15, 0.2) is 6.20 Å². The van der Waals surface area contributed by atoms with E-state index in [2.05, 4.69) is 10.4 Å². The van der Waals surface area contributed by atoms with Crippen molar-refractivity contribution in [1.29, 1.82) is 0 Å². The molecule has 2 N–H and O–H groups in total. The first kappa shape index (κ1) is 15.2. The number of carbonyl (C=O) groups is 2. The molecule has 19 heavy (non-hydrogen) atoms. The van der Waals surface area contributed by atoms with Crippen LogP contribution in [-0.4, -0.2) is 26.8 Å². The Bertz CT molecular complexity index is 470. The van der Waals surface area contributed by atoms with Crippen LogP contribution in [-0.2, 0) is 22.1 Å². The molecule has 0 aliphatic carbocycles. The molecule has 0 aliphatic rings. The SMILES string of the molecule is CC(=O)NC(CC(=O)O)c1cn(C)nc1C(C)(C)C. The van der Waals surface area contributed by atoms with E-state index in [-0.39, 0.29) is 17.7 Å². The van der Waals surface area contributed by atoms with E-state index in [0.29, 0.717) is 0 Å². The summed E-state index contributed by atoms with van der Waals surface area (Å²) in [5.41, 5.74) is 1.34. The zero-order valence-electron chi connectivity index (χ0n) is 12.0. The zero-order valence-corrected chi connectivity index (χ0v) is 12.0. The van der Waals surface area contributed by atoms with Gasteiger partial charge in [-0.3, -0.25) is 14.3 Å².